The molecular formula is C13H22F3NO2. The molecule has 1 saturated heterocycles. The molecule has 19 heavy (non-hydrogen) atoms. The molecule has 6 heteroatoms. The molecule has 1 saturated carbocycles. The molecule has 3 nitrogen and oxygen atoms in total. The Morgan fingerprint density at radius 1 is 1.26 bits per heavy atom. The molecule has 1 aliphatic carbocycles. The fraction of sp³-hybridized carbons (Fsp3) is 1.00. The van der Waals surface area contributed by atoms with Crippen molar-refractivity contribution in [1.82, 2.24) is 5.32 Å². The topological polar surface area (TPSA) is 30.5 Å². The van der Waals surface area contributed by atoms with Crippen LogP contribution in [0.3, 0.4) is 0 Å². The van der Waals surface area contributed by atoms with Gasteiger partial charge in [-0.2, -0.15) is 13.2 Å². The first-order valence-corrected chi connectivity index (χ1v) is 7.01. The van der Waals surface area contributed by atoms with Crippen LogP contribution in [0.2, 0.25) is 0 Å². The van der Waals surface area contributed by atoms with E-state index in [4.69, 9.17) is 4.74 Å². The van der Waals surface area contributed by atoms with E-state index in [2.05, 4.69) is 10.1 Å². The largest absolute Gasteiger partial charge is 0.411 e. The van der Waals surface area contributed by atoms with E-state index in [1.54, 1.807) is 0 Å². The van der Waals surface area contributed by atoms with Gasteiger partial charge in [0, 0.05) is 19.2 Å². The normalized spacial score (nSPS) is 27.0. The van der Waals surface area contributed by atoms with Crippen LogP contribution < -0.4 is 5.32 Å². The first-order valence-electron chi connectivity index (χ1n) is 7.01. The maximum Gasteiger partial charge on any atom is 0.411 e. The second-order valence-electron chi connectivity index (χ2n) is 5.55. The van der Waals surface area contributed by atoms with Crippen LogP contribution in [0.5, 0.6) is 0 Å². The molecule has 1 heterocycles. The molecule has 1 unspecified atom stereocenters. The van der Waals surface area contributed by atoms with Gasteiger partial charge in [0.15, 0.2) is 0 Å². The molecule has 2 aliphatic rings. The van der Waals surface area contributed by atoms with Crippen molar-refractivity contribution in [3.05, 3.63) is 0 Å². The third-order valence-electron chi connectivity index (χ3n) is 3.95. The molecule has 1 spiro atoms. The van der Waals surface area contributed by atoms with Crippen molar-refractivity contribution >= 4 is 0 Å². The predicted octanol–water partition coefficient (Wildman–Crippen LogP) is 2.65. The zero-order chi connectivity index (χ0) is 13.8. The summed E-state index contributed by atoms with van der Waals surface area (Å²) in [6.07, 6.45) is 2.37. The van der Waals surface area contributed by atoms with Crippen LogP contribution in [-0.2, 0) is 9.47 Å². The van der Waals surface area contributed by atoms with Crippen LogP contribution in [0.4, 0.5) is 13.2 Å². The van der Waals surface area contributed by atoms with Crippen molar-refractivity contribution in [2.45, 2.75) is 56.3 Å². The van der Waals surface area contributed by atoms with Crippen LogP contribution in [-0.4, -0.2) is 44.2 Å². The molecular weight excluding hydrogens is 259 g/mol. The Balaban J connectivity index is 1.61. The number of ether oxygens (including phenoxy) is 2. The summed E-state index contributed by atoms with van der Waals surface area (Å²) in [5, 5.41) is 3.29. The summed E-state index contributed by atoms with van der Waals surface area (Å²) in [5.74, 6) is 0. The van der Waals surface area contributed by atoms with E-state index in [0.29, 0.717) is 12.6 Å². The number of rotatable bonds is 5. The summed E-state index contributed by atoms with van der Waals surface area (Å²) in [6, 6.07) is 0.348. The van der Waals surface area contributed by atoms with Crippen molar-refractivity contribution in [2.24, 2.45) is 0 Å². The third kappa shape index (κ3) is 4.93. The van der Waals surface area contributed by atoms with Gasteiger partial charge in [0.25, 0.3) is 0 Å². The van der Waals surface area contributed by atoms with E-state index in [-0.39, 0.29) is 12.2 Å². The van der Waals surface area contributed by atoms with Crippen molar-refractivity contribution in [2.75, 3.05) is 26.4 Å². The van der Waals surface area contributed by atoms with Gasteiger partial charge in [0.05, 0.1) is 12.2 Å². The van der Waals surface area contributed by atoms with Gasteiger partial charge in [-0.15, -0.1) is 0 Å². The second kappa shape index (κ2) is 6.41. The lowest BCUT2D eigenvalue weighted by molar-refractivity contribution is -0.173. The molecule has 0 aromatic rings. The first kappa shape index (κ1) is 15.1. The van der Waals surface area contributed by atoms with Crippen LogP contribution in [0.15, 0.2) is 0 Å². The summed E-state index contributed by atoms with van der Waals surface area (Å²) in [6.45, 7) is 0.161. The van der Waals surface area contributed by atoms with Gasteiger partial charge < -0.3 is 14.8 Å². The Hall–Kier alpha value is -0.330. The minimum atomic E-state index is -4.23. The Kier molecular flexibility index (Phi) is 5.09. The molecule has 0 amide bonds. The zero-order valence-corrected chi connectivity index (χ0v) is 11.1. The Bertz CT molecular complexity index is 278. The molecule has 1 N–H and O–H groups in total. The quantitative estimate of drug-likeness (QED) is 0.786. The standard InChI is InChI=1S/C13H22F3NO2/c14-13(15,16)10-18-8-6-17-11-3-7-19-12(9-11)4-1-2-5-12/h11,17H,1-10H2. The van der Waals surface area contributed by atoms with E-state index in [0.717, 1.165) is 32.3 Å². The molecule has 0 aromatic heterocycles. The van der Waals surface area contributed by atoms with Gasteiger partial charge in [0.1, 0.15) is 6.61 Å². The van der Waals surface area contributed by atoms with Crippen LogP contribution in [0.1, 0.15) is 38.5 Å². The SMILES string of the molecule is FC(F)(F)COCCNC1CCOC2(CCCC2)C1. The second-order valence-corrected chi connectivity index (χ2v) is 5.55. The Labute approximate surface area is 111 Å². The van der Waals surface area contributed by atoms with E-state index < -0.39 is 12.8 Å². The first-order chi connectivity index (χ1) is 8.99. The summed E-state index contributed by atoms with van der Waals surface area (Å²) in [5.41, 5.74) is 0.0444. The predicted molar refractivity (Wildman–Crippen MR) is 65.0 cm³/mol. The lowest BCUT2D eigenvalue weighted by atomic mass is 9.89. The van der Waals surface area contributed by atoms with Crippen LogP contribution >= 0.6 is 0 Å². The highest BCUT2D eigenvalue weighted by Crippen LogP contribution is 2.39. The molecule has 112 valence electrons. The molecule has 0 radical (unpaired) electrons. The fourth-order valence-electron chi connectivity index (χ4n) is 3.09. The molecule has 0 bridgehead atoms. The highest BCUT2D eigenvalue weighted by Gasteiger charge is 2.39. The molecule has 1 atom stereocenters. The smallest absolute Gasteiger partial charge is 0.375 e. The molecule has 2 rings (SSSR count). The monoisotopic (exact) mass is 281 g/mol. The molecule has 0 aromatic carbocycles. The van der Waals surface area contributed by atoms with Gasteiger partial charge in [0.2, 0.25) is 0 Å². The third-order valence-corrected chi connectivity index (χ3v) is 3.95. The van der Waals surface area contributed by atoms with Crippen molar-refractivity contribution in [1.29, 1.82) is 0 Å². The highest BCUT2D eigenvalue weighted by atomic mass is 19.4. The van der Waals surface area contributed by atoms with Gasteiger partial charge in [-0.25, -0.2) is 0 Å². The fourth-order valence-corrected chi connectivity index (χ4v) is 3.09. The Morgan fingerprint density at radius 3 is 2.68 bits per heavy atom. The van der Waals surface area contributed by atoms with Gasteiger partial charge >= 0.3 is 6.18 Å². The van der Waals surface area contributed by atoms with Gasteiger partial charge in [-0.3, -0.25) is 0 Å². The van der Waals surface area contributed by atoms with Crippen LogP contribution in [0.25, 0.3) is 0 Å². The van der Waals surface area contributed by atoms with Crippen LogP contribution in [0, 0.1) is 0 Å². The minimum Gasteiger partial charge on any atom is -0.375 e. The van der Waals surface area contributed by atoms with E-state index in [9.17, 15) is 13.2 Å². The lowest BCUT2D eigenvalue weighted by Gasteiger charge is -2.38. The average molecular weight is 281 g/mol. The van der Waals surface area contributed by atoms with E-state index in [1.165, 1.54) is 12.8 Å². The summed E-state index contributed by atoms with van der Waals surface area (Å²) in [4.78, 5) is 0. The lowest BCUT2D eigenvalue weighted by Crippen LogP contribution is -2.46. The molecule has 1 aliphatic heterocycles. The maximum atomic E-state index is 11.9. The summed E-state index contributed by atoms with van der Waals surface area (Å²) in [7, 11) is 0. The number of halogens is 3. The highest BCUT2D eigenvalue weighted by molar-refractivity contribution is 4.93. The average Bonchev–Trinajstić information content (AvgIpc) is 2.75. The molecule has 2 fully saturated rings. The number of hydrogen-bond acceptors (Lipinski definition) is 3. The number of nitrogens with one attached hydrogen (secondary N) is 1. The van der Waals surface area contributed by atoms with Crippen molar-refractivity contribution < 1.29 is 22.6 Å². The van der Waals surface area contributed by atoms with Crippen molar-refractivity contribution in [3.8, 4) is 0 Å². The minimum absolute atomic E-state index is 0.0444. The number of alkyl halides is 3. The van der Waals surface area contributed by atoms with Gasteiger partial charge in [-0.05, 0) is 25.7 Å². The maximum absolute atomic E-state index is 11.9. The van der Waals surface area contributed by atoms with E-state index in [1.807, 2.05) is 0 Å². The van der Waals surface area contributed by atoms with Crippen molar-refractivity contribution in [3.63, 3.8) is 0 Å². The number of hydrogen-bond donors (Lipinski definition) is 1. The zero-order valence-electron chi connectivity index (χ0n) is 11.1. The Morgan fingerprint density at radius 2 is 2.00 bits per heavy atom. The van der Waals surface area contributed by atoms with Gasteiger partial charge in [-0.1, -0.05) is 12.8 Å². The summed E-state index contributed by atoms with van der Waals surface area (Å²) >= 11 is 0. The summed E-state index contributed by atoms with van der Waals surface area (Å²) < 4.78 is 46.1. The van der Waals surface area contributed by atoms with E-state index >= 15 is 0 Å².